The Hall–Kier alpha value is -3.95. The molecule has 1 N–H and O–H groups in total. The molecule has 3 heterocycles. The maximum Gasteiger partial charge on any atom is 0.256 e. The number of amides is 4. The van der Waals surface area contributed by atoms with E-state index in [4.69, 9.17) is 0 Å². The second kappa shape index (κ2) is 9.25. The lowest BCUT2D eigenvalue weighted by molar-refractivity contribution is -0.136. The molecule has 0 aromatic heterocycles. The highest BCUT2D eigenvalue weighted by Gasteiger charge is 2.41. The van der Waals surface area contributed by atoms with Crippen molar-refractivity contribution in [3.63, 3.8) is 0 Å². The SMILES string of the molecule is CN(C)c1ccccc1C(=O)N1CCN(c2cc(F)cc3c2CN(C2CCC(=O)NC2=O)C3=O)CC1. The Bertz CT molecular complexity index is 1250. The summed E-state index contributed by atoms with van der Waals surface area (Å²) in [5.74, 6) is -1.84. The Labute approximate surface area is 208 Å². The van der Waals surface area contributed by atoms with E-state index in [9.17, 15) is 23.6 Å². The zero-order valence-corrected chi connectivity index (χ0v) is 20.3. The molecule has 4 amide bonds. The molecule has 3 aliphatic rings. The van der Waals surface area contributed by atoms with Gasteiger partial charge in [0.2, 0.25) is 11.8 Å². The quantitative estimate of drug-likeness (QED) is 0.651. The lowest BCUT2D eigenvalue weighted by Gasteiger charge is -2.37. The lowest BCUT2D eigenvalue weighted by atomic mass is 10.0. The van der Waals surface area contributed by atoms with Crippen LogP contribution in [0.2, 0.25) is 0 Å². The number of carbonyl (C=O) groups excluding carboxylic acids is 4. The first-order valence-electron chi connectivity index (χ1n) is 12.0. The van der Waals surface area contributed by atoms with E-state index in [-0.39, 0.29) is 36.8 Å². The summed E-state index contributed by atoms with van der Waals surface area (Å²) in [6.45, 7) is 2.05. The summed E-state index contributed by atoms with van der Waals surface area (Å²) in [5, 5.41) is 2.29. The number of benzene rings is 2. The smallest absolute Gasteiger partial charge is 0.256 e. The average molecular weight is 494 g/mol. The molecule has 3 aliphatic heterocycles. The molecule has 0 bridgehead atoms. The highest BCUT2D eigenvalue weighted by atomic mass is 19.1. The largest absolute Gasteiger partial charge is 0.377 e. The summed E-state index contributed by atoms with van der Waals surface area (Å²) in [6.07, 6.45) is 0.405. The molecule has 1 atom stereocenters. The van der Waals surface area contributed by atoms with Crippen molar-refractivity contribution >= 4 is 35.0 Å². The van der Waals surface area contributed by atoms with Crippen molar-refractivity contribution in [2.75, 3.05) is 50.1 Å². The van der Waals surface area contributed by atoms with Gasteiger partial charge in [0.25, 0.3) is 11.8 Å². The van der Waals surface area contributed by atoms with Gasteiger partial charge in [-0.05, 0) is 30.7 Å². The maximum atomic E-state index is 14.6. The first kappa shape index (κ1) is 23.8. The van der Waals surface area contributed by atoms with Crippen LogP contribution in [-0.4, -0.2) is 79.7 Å². The number of nitrogens with zero attached hydrogens (tertiary/aromatic N) is 4. The van der Waals surface area contributed by atoms with E-state index in [0.29, 0.717) is 43.0 Å². The van der Waals surface area contributed by atoms with Gasteiger partial charge in [-0.1, -0.05) is 12.1 Å². The Morgan fingerprint density at radius 1 is 1.06 bits per heavy atom. The molecule has 10 heteroatoms. The van der Waals surface area contributed by atoms with E-state index in [0.717, 1.165) is 5.69 Å². The molecule has 0 spiro atoms. The number of anilines is 2. The number of carbonyl (C=O) groups is 4. The molecule has 9 nitrogen and oxygen atoms in total. The monoisotopic (exact) mass is 493 g/mol. The summed E-state index contributed by atoms with van der Waals surface area (Å²) in [5.41, 5.74) is 3.00. The van der Waals surface area contributed by atoms with Gasteiger partial charge in [-0.2, -0.15) is 0 Å². The van der Waals surface area contributed by atoms with Gasteiger partial charge in [-0.25, -0.2) is 4.39 Å². The van der Waals surface area contributed by atoms with Crippen LogP contribution in [0, 0.1) is 5.82 Å². The molecule has 2 aromatic rings. The van der Waals surface area contributed by atoms with Crippen LogP contribution in [0.5, 0.6) is 0 Å². The van der Waals surface area contributed by atoms with Crippen molar-refractivity contribution in [3.05, 3.63) is 58.9 Å². The van der Waals surface area contributed by atoms with Crippen LogP contribution >= 0.6 is 0 Å². The molecule has 2 saturated heterocycles. The summed E-state index contributed by atoms with van der Waals surface area (Å²) in [6, 6.07) is 9.34. The van der Waals surface area contributed by atoms with Crippen molar-refractivity contribution in [1.82, 2.24) is 15.1 Å². The Balaban J connectivity index is 1.34. The van der Waals surface area contributed by atoms with Gasteiger partial charge < -0.3 is 19.6 Å². The normalized spacial score (nSPS) is 19.9. The van der Waals surface area contributed by atoms with Gasteiger partial charge in [0, 0.05) is 75.7 Å². The number of fused-ring (bicyclic) bond motifs is 1. The zero-order valence-electron chi connectivity index (χ0n) is 20.3. The number of imide groups is 1. The summed E-state index contributed by atoms with van der Waals surface area (Å²) in [7, 11) is 3.79. The van der Waals surface area contributed by atoms with Crippen LogP contribution in [-0.2, 0) is 16.1 Å². The molecule has 5 rings (SSSR count). The predicted octanol–water partition coefficient (Wildman–Crippen LogP) is 1.62. The molecular weight excluding hydrogens is 465 g/mol. The number of para-hydroxylation sites is 1. The molecule has 2 fully saturated rings. The van der Waals surface area contributed by atoms with Crippen LogP contribution in [0.15, 0.2) is 36.4 Å². The fourth-order valence-electron chi connectivity index (χ4n) is 5.25. The number of hydrogen-bond donors (Lipinski definition) is 1. The Kier molecular flexibility index (Phi) is 6.11. The molecular formula is C26H28FN5O4. The minimum atomic E-state index is -0.759. The van der Waals surface area contributed by atoms with E-state index in [1.807, 2.05) is 48.2 Å². The van der Waals surface area contributed by atoms with E-state index in [2.05, 4.69) is 5.32 Å². The minimum absolute atomic E-state index is 0.0531. The number of nitrogens with one attached hydrogen (secondary N) is 1. The van der Waals surface area contributed by atoms with Gasteiger partial charge in [0.1, 0.15) is 11.9 Å². The van der Waals surface area contributed by atoms with Crippen LogP contribution < -0.4 is 15.1 Å². The van der Waals surface area contributed by atoms with Crippen molar-refractivity contribution in [1.29, 1.82) is 0 Å². The fraction of sp³-hybridized carbons (Fsp3) is 0.385. The van der Waals surface area contributed by atoms with E-state index < -0.39 is 23.7 Å². The Morgan fingerprint density at radius 2 is 1.78 bits per heavy atom. The van der Waals surface area contributed by atoms with Crippen LogP contribution in [0.4, 0.5) is 15.8 Å². The first-order valence-corrected chi connectivity index (χ1v) is 12.0. The number of piperidine rings is 1. The van der Waals surface area contributed by atoms with Gasteiger partial charge in [0.15, 0.2) is 0 Å². The summed E-state index contributed by atoms with van der Waals surface area (Å²) < 4.78 is 14.6. The molecule has 188 valence electrons. The standard InChI is InChI=1S/C26H28FN5O4/c1-29(2)20-6-4-3-5-17(20)25(35)31-11-9-30(10-12-31)22-14-16(27)13-18-19(22)15-32(26(18)36)21-7-8-23(33)28-24(21)34/h3-6,13-14,21H,7-12,15H2,1-2H3,(H,28,33,34). The second-order valence-corrected chi connectivity index (χ2v) is 9.54. The molecule has 36 heavy (non-hydrogen) atoms. The Morgan fingerprint density at radius 3 is 2.47 bits per heavy atom. The van der Waals surface area contributed by atoms with Crippen molar-refractivity contribution in [2.45, 2.75) is 25.4 Å². The second-order valence-electron chi connectivity index (χ2n) is 9.54. The van der Waals surface area contributed by atoms with Crippen molar-refractivity contribution in [2.24, 2.45) is 0 Å². The predicted molar refractivity (Wildman–Crippen MR) is 131 cm³/mol. The third-order valence-corrected chi connectivity index (χ3v) is 7.12. The fourth-order valence-corrected chi connectivity index (χ4v) is 5.25. The third kappa shape index (κ3) is 4.16. The number of hydrogen-bond acceptors (Lipinski definition) is 6. The highest BCUT2D eigenvalue weighted by Crippen LogP contribution is 2.35. The molecule has 1 unspecified atom stereocenters. The molecule has 0 radical (unpaired) electrons. The molecule has 0 aliphatic carbocycles. The number of rotatable bonds is 4. The van der Waals surface area contributed by atoms with Crippen molar-refractivity contribution < 1.29 is 23.6 Å². The van der Waals surface area contributed by atoms with Crippen LogP contribution in [0.3, 0.4) is 0 Å². The minimum Gasteiger partial charge on any atom is -0.377 e. The first-order chi connectivity index (χ1) is 17.2. The van der Waals surface area contributed by atoms with Crippen molar-refractivity contribution in [3.8, 4) is 0 Å². The summed E-state index contributed by atoms with van der Waals surface area (Å²) in [4.78, 5) is 57.4. The van der Waals surface area contributed by atoms with E-state index in [1.165, 1.54) is 17.0 Å². The van der Waals surface area contributed by atoms with E-state index >= 15 is 0 Å². The highest BCUT2D eigenvalue weighted by molar-refractivity contribution is 6.06. The average Bonchev–Trinajstić information content (AvgIpc) is 3.19. The number of halogens is 1. The van der Waals surface area contributed by atoms with Crippen LogP contribution in [0.1, 0.15) is 39.1 Å². The maximum absolute atomic E-state index is 14.6. The summed E-state index contributed by atoms with van der Waals surface area (Å²) >= 11 is 0. The molecule has 2 aromatic carbocycles. The topological polar surface area (TPSA) is 93.3 Å². The molecule has 0 saturated carbocycles. The zero-order chi connectivity index (χ0) is 25.6. The van der Waals surface area contributed by atoms with E-state index in [1.54, 1.807) is 4.90 Å². The van der Waals surface area contributed by atoms with Crippen LogP contribution in [0.25, 0.3) is 0 Å². The lowest BCUT2D eigenvalue weighted by Crippen LogP contribution is -2.52. The van der Waals surface area contributed by atoms with Gasteiger partial charge in [-0.15, -0.1) is 0 Å². The van der Waals surface area contributed by atoms with Gasteiger partial charge >= 0.3 is 0 Å². The van der Waals surface area contributed by atoms with Gasteiger partial charge in [-0.3, -0.25) is 24.5 Å². The number of piperazine rings is 1. The third-order valence-electron chi connectivity index (χ3n) is 7.12. The van der Waals surface area contributed by atoms with Gasteiger partial charge in [0.05, 0.1) is 5.56 Å².